The van der Waals surface area contributed by atoms with E-state index in [9.17, 15) is 18.0 Å². The van der Waals surface area contributed by atoms with Crippen LogP contribution in [0.4, 0.5) is 5.69 Å². The van der Waals surface area contributed by atoms with Crippen molar-refractivity contribution in [2.45, 2.75) is 12.0 Å². The highest BCUT2D eigenvalue weighted by Gasteiger charge is 2.21. The Bertz CT molecular complexity index is 829. The number of ether oxygens (including phenoxy) is 1. The molecule has 1 heterocycles. The van der Waals surface area contributed by atoms with Crippen LogP contribution < -0.4 is 10.0 Å². The summed E-state index contributed by atoms with van der Waals surface area (Å²) >= 11 is 0. The second kappa shape index (κ2) is 7.28. The lowest BCUT2D eigenvalue weighted by Gasteiger charge is -2.20. The van der Waals surface area contributed by atoms with Crippen LogP contribution in [0.2, 0.25) is 0 Å². The molecule has 0 aliphatic carbocycles. The maximum absolute atomic E-state index is 12.2. The van der Waals surface area contributed by atoms with Crippen molar-refractivity contribution in [3.05, 3.63) is 48.2 Å². The minimum atomic E-state index is -4.05. The summed E-state index contributed by atoms with van der Waals surface area (Å²) in [6, 6.07) is 11.1. The van der Waals surface area contributed by atoms with Crippen LogP contribution in [0.1, 0.15) is 17.5 Å². The van der Waals surface area contributed by atoms with Crippen molar-refractivity contribution in [3.63, 3.8) is 0 Å². The number of esters is 1. The number of nitrogens with zero attached hydrogens (tertiary/aromatic N) is 1. The van der Waals surface area contributed by atoms with Crippen LogP contribution in [0.3, 0.4) is 0 Å². The monoisotopic (exact) mass is 352 g/mol. The largest absolute Gasteiger partial charge is 0.450 e. The minimum absolute atomic E-state index is 0.352. The van der Waals surface area contributed by atoms with E-state index >= 15 is 0 Å². The first kappa shape index (κ1) is 17.7. The van der Waals surface area contributed by atoms with Crippen LogP contribution in [0.25, 0.3) is 0 Å². The molecular weight excluding hydrogens is 336 g/mol. The number of amides is 1. The lowest BCUT2D eigenvalue weighted by molar-refractivity contribution is -0.121. The van der Waals surface area contributed by atoms with Gasteiger partial charge < -0.3 is 14.1 Å². The van der Waals surface area contributed by atoms with E-state index in [1.54, 1.807) is 31.2 Å². The highest BCUT2D eigenvalue weighted by atomic mass is 32.2. The third-order valence-corrected chi connectivity index (χ3v) is 3.86. The molecule has 1 aromatic carbocycles. The Morgan fingerprint density at radius 3 is 2.38 bits per heavy atom. The van der Waals surface area contributed by atoms with E-state index < -0.39 is 33.6 Å². The van der Waals surface area contributed by atoms with E-state index in [0.29, 0.717) is 12.2 Å². The Morgan fingerprint density at radius 1 is 1.17 bits per heavy atom. The zero-order valence-corrected chi connectivity index (χ0v) is 13.7. The van der Waals surface area contributed by atoms with E-state index in [-0.39, 0.29) is 5.76 Å². The van der Waals surface area contributed by atoms with Gasteiger partial charge in [0.15, 0.2) is 6.61 Å². The number of carbonyl (C=O) groups is 2. The molecule has 0 bridgehead atoms. The lowest BCUT2D eigenvalue weighted by atomic mass is 10.3. The van der Waals surface area contributed by atoms with E-state index in [4.69, 9.17) is 14.3 Å². The number of sulfonamides is 1. The molecule has 0 unspecified atom stereocenters. The zero-order valence-electron chi connectivity index (χ0n) is 12.8. The van der Waals surface area contributed by atoms with Crippen LogP contribution in [0.5, 0.6) is 0 Å². The average Bonchev–Trinajstić information content (AvgIpc) is 3.04. The van der Waals surface area contributed by atoms with Gasteiger partial charge in [-0.15, -0.1) is 0 Å². The molecule has 0 aliphatic rings. The summed E-state index contributed by atoms with van der Waals surface area (Å²) < 4.78 is 31.8. The summed E-state index contributed by atoms with van der Waals surface area (Å²) in [6.07, 6.45) is 0. The first-order valence-electron chi connectivity index (χ1n) is 6.98. The zero-order chi connectivity index (χ0) is 17.7. The number of hydrogen-bond acceptors (Lipinski definition) is 6. The molecule has 0 fully saturated rings. The van der Waals surface area contributed by atoms with Gasteiger partial charge in [-0.1, -0.05) is 18.2 Å². The van der Waals surface area contributed by atoms with E-state index in [1.807, 2.05) is 6.07 Å². The fourth-order valence-electron chi connectivity index (χ4n) is 1.97. The van der Waals surface area contributed by atoms with Gasteiger partial charge in [-0.05, 0) is 31.2 Å². The Hall–Kier alpha value is -2.65. The van der Waals surface area contributed by atoms with E-state index in [1.165, 1.54) is 4.90 Å². The minimum Gasteiger partial charge on any atom is -0.450 e. The van der Waals surface area contributed by atoms with Crippen molar-refractivity contribution >= 4 is 27.6 Å². The summed E-state index contributed by atoms with van der Waals surface area (Å²) in [6.45, 7) is 1.68. The van der Waals surface area contributed by atoms with Gasteiger partial charge in [-0.25, -0.2) is 18.4 Å². The molecule has 0 saturated heterocycles. The van der Waals surface area contributed by atoms with Crippen LogP contribution in [-0.2, 0) is 19.6 Å². The molecule has 2 N–H and O–H groups in total. The Morgan fingerprint density at radius 2 is 1.83 bits per heavy atom. The van der Waals surface area contributed by atoms with E-state index in [2.05, 4.69) is 0 Å². The highest BCUT2D eigenvalue weighted by molar-refractivity contribution is 7.89. The smallest absolute Gasteiger partial charge is 0.374 e. The third kappa shape index (κ3) is 4.21. The van der Waals surface area contributed by atoms with Crippen LogP contribution in [0, 0.1) is 0 Å². The molecule has 1 amide bonds. The summed E-state index contributed by atoms with van der Waals surface area (Å²) in [5, 5.41) is 4.32. The number of furan rings is 1. The Kier molecular flexibility index (Phi) is 5.37. The molecule has 0 saturated carbocycles. The first-order chi connectivity index (χ1) is 11.3. The maximum Gasteiger partial charge on any atom is 0.374 e. The van der Waals surface area contributed by atoms with Crippen molar-refractivity contribution in [2.24, 2.45) is 5.14 Å². The fraction of sp³-hybridized carbons (Fsp3) is 0.200. The van der Waals surface area contributed by atoms with E-state index in [0.717, 1.165) is 12.1 Å². The van der Waals surface area contributed by atoms with Crippen molar-refractivity contribution < 1.29 is 27.2 Å². The number of primary sulfonamides is 1. The second-order valence-electron chi connectivity index (χ2n) is 4.71. The van der Waals surface area contributed by atoms with Gasteiger partial charge in [0.05, 0.1) is 0 Å². The molecule has 0 atom stereocenters. The normalized spacial score (nSPS) is 11.1. The lowest BCUT2D eigenvalue weighted by Crippen LogP contribution is -2.34. The Labute approximate surface area is 138 Å². The molecule has 0 radical (unpaired) electrons. The van der Waals surface area contributed by atoms with Crippen molar-refractivity contribution in [1.82, 2.24) is 0 Å². The molecule has 1 aromatic heterocycles. The number of para-hydroxylation sites is 1. The number of hydrogen-bond donors (Lipinski definition) is 1. The Balaban J connectivity index is 2.00. The first-order valence-corrected chi connectivity index (χ1v) is 8.52. The van der Waals surface area contributed by atoms with Gasteiger partial charge in [0, 0.05) is 12.2 Å². The molecule has 2 aromatic rings. The predicted molar refractivity (Wildman–Crippen MR) is 84.8 cm³/mol. The number of benzene rings is 1. The SMILES string of the molecule is CCN(C(=O)COC(=O)c1ccc(S(N)(=O)=O)o1)c1ccccc1. The number of anilines is 1. The summed E-state index contributed by atoms with van der Waals surface area (Å²) in [5.74, 6) is -1.73. The fourth-order valence-corrected chi connectivity index (χ4v) is 2.43. The van der Waals surface area contributed by atoms with Gasteiger partial charge in [-0.3, -0.25) is 4.79 Å². The van der Waals surface area contributed by atoms with Gasteiger partial charge in [0.1, 0.15) is 0 Å². The maximum atomic E-state index is 12.2. The molecule has 9 heteroatoms. The molecule has 24 heavy (non-hydrogen) atoms. The summed E-state index contributed by atoms with van der Waals surface area (Å²) in [7, 11) is -4.05. The summed E-state index contributed by atoms with van der Waals surface area (Å²) in [5.41, 5.74) is 0.676. The topological polar surface area (TPSA) is 120 Å². The molecule has 2 rings (SSSR count). The molecule has 128 valence electrons. The molecule has 8 nitrogen and oxygen atoms in total. The van der Waals surface area contributed by atoms with Crippen LogP contribution >= 0.6 is 0 Å². The van der Waals surface area contributed by atoms with Crippen LogP contribution in [-0.4, -0.2) is 33.4 Å². The standard InChI is InChI=1S/C15H16N2O6S/c1-2-17(11-6-4-3-5-7-11)13(18)10-22-15(19)12-8-9-14(23-12)24(16,20)21/h3-9H,2,10H2,1H3,(H2,16,20,21). The van der Waals surface area contributed by atoms with Gasteiger partial charge in [0.25, 0.3) is 15.9 Å². The van der Waals surface area contributed by atoms with Crippen molar-refractivity contribution in [3.8, 4) is 0 Å². The molecule has 0 aliphatic heterocycles. The number of rotatable bonds is 6. The highest BCUT2D eigenvalue weighted by Crippen LogP contribution is 2.15. The van der Waals surface area contributed by atoms with Gasteiger partial charge in [-0.2, -0.15) is 0 Å². The van der Waals surface area contributed by atoms with Crippen LogP contribution in [0.15, 0.2) is 52.0 Å². The number of carbonyl (C=O) groups excluding carboxylic acids is 2. The predicted octanol–water partition coefficient (Wildman–Crippen LogP) is 1.14. The molecule has 0 spiro atoms. The molecular formula is C15H16N2O6S. The second-order valence-corrected chi connectivity index (χ2v) is 6.21. The number of likely N-dealkylation sites (N-methyl/N-ethyl adjacent to an activating group) is 1. The summed E-state index contributed by atoms with van der Waals surface area (Å²) in [4.78, 5) is 25.4. The number of nitrogens with two attached hydrogens (primary N) is 1. The van der Waals surface area contributed by atoms with Gasteiger partial charge >= 0.3 is 5.97 Å². The van der Waals surface area contributed by atoms with Gasteiger partial charge in [0.2, 0.25) is 10.9 Å². The average molecular weight is 352 g/mol. The quantitative estimate of drug-likeness (QED) is 0.778. The third-order valence-electron chi connectivity index (χ3n) is 3.07. The van der Waals surface area contributed by atoms with Crippen molar-refractivity contribution in [2.75, 3.05) is 18.1 Å². The van der Waals surface area contributed by atoms with Crippen molar-refractivity contribution in [1.29, 1.82) is 0 Å².